The lowest BCUT2D eigenvalue weighted by atomic mass is 10.2. The molecule has 1 rings (SSSR count). The Morgan fingerprint density at radius 1 is 1.50 bits per heavy atom. The Hall–Kier alpha value is -1.61. The first-order valence-corrected chi connectivity index (χ1v) is 4.31. The highest BCUT2D eigenvalue weighted by molar-refractivity contribution is 5.93. The van der Waals surface area contributed by atoms with E-state index in [0.29, 0.717) is 12.1 Å². The van der Waals surface area contributed by atoms with Gasteiger partial charge in [-0.25, -0.2) is 5.06 Å². The Bertz CT molecular complexity index is 308. The number of hydrogen-bond acceptors (Lipinski definition) is 2. The second-order valence-corrected chi connectivity index (χ2v) is 2.70. The van der Waals surface area contributed by atoms with E-state index >= 15 is 0 Å². The van der Waals surface area contributed by atoms with Crippen LogP contribution in [0, 0.1) is 0 Å². The molecule has 0 radical (unpaired) electrons. The van der Waals surface area contributed by atoms with Crippen LogP contribution in [0.1, 0.15) is 10.4 Å². The standard InChI is InChI=1S/C11H13NO2/c1-3-9-12(14-2)11(13)10-7-5-4-6-8-10/h3-8H,1,9H2,2H3. The van der Waals surface area contributed by atoms with Crippen LogP contribution in [0.25, 0.3) is 0 Å². The minimum atomic E-state index is -0.159. The van der Waals surface area contributed by atoms with Gasteiger partial charge in [-0.3, -0.25) is 9.63 Å². The van der Waals surface area contributed by atoms with Crippen LogP contribution in [0.4, 0.5) is 0 Å². The summed E-state index contributed by atoms with van der Waals surface area (Å²) < 4.78 is 0. The molecule has 0 aliphatic carbocycles. The van der Waals surface area contributed by atoms with E-state index in [2.05, 4.69) is 6.58 Å². The first kappa shape index (κ1) is 10.5. The number of carbonyl (C=O) groups is 1. The summed E-state index contributed by atoms with van der Waals surface area (Å²) >= 11 is 0. The van der Waals surface area contributed by atoms with Crippen LogP contribution in [0.2, 0.25) is 0 Å². The average Bonchev–Trinajstić information content (AvgIpc) is 2.26. The third-order valence-electron chi connectivity index (χ3n) is 1.76. The highest BCUT2D eigenvalue weighted by Gasteiger charge is 2.12. The van der Waals surface area contributed by atoms with Crippen LogP contribution in [-0.4, -0.2) is 24.6 Å². The molecule has 1 aromatic carbocycles. The van der Waals surface area contributed by atoms with Gasteiger partial charge in [0, 0.05) is 5.56 Å². The Morgan fingerprint density at radius 3 is 2.64 bits per heavy atom. The molecule has 0 aromatic heterocycles. The highest BCUT2D eigenvalue weighted by atomic mass is 16.7. The number of hydroxylamine groups is 2. The molecule has 3 heteroatoms. The van der Waals surface area contributed by atoms with Crippen LogP contribution < -0.4 is 0 Å². The third kappa shape index (κ3) is 2.44. The molecule has 3 nitrogen and oxygen atoms in total. The summed E-state index contributed by atoms with van der Waals surface area (Å²) in [6, 6.07) is 8.99. The fourth-order valence-corrected chi connectivity index (χ4v) is 1.08. The Labute approximate surface area is 83.6 Å². The van der Waals surface area contributed by atoms with E-state index in [1.165, 1.54) is 12.2 Å². The van der Waals surface area contributed by atoms with E-state index in [0.717, 1.165) is 0 Å². The van der Waals surface area contributed by atoms with Gasteiger partial charge in [0.25, 0.3) is 5.91 Å². The molecule has 1 aromatic rings. The van der Waals surface area contributed by atoms with Crippen molar-refractivity contribution in [2.45, 2.75) is 0 Å². The van der Waals surface area contributed by atoms with Gasteiger partial charge in [-0.1, -0.05) is 24.3 Å². The maximum atomic E-state index is 11.7. The third-order valence-corrected chi connectivity index (χ3v) is 1.76. The normalized spacial score (nSPS) is 9.50. The number of rotatable bonds is 4. The van der Waals surface area contributed by atoms with Gasteiger partial charge in [0.05, 0.1) is 13.7 Å². The lowest BCUT2D eigenvalue weighted by molar-refractivity contribution is -0.0870. The SMILES string of the molecule is C=CCN(OC)C(=O)c1ccccc1. The summed E-state index contributed by atoms with van der Waals surface area (Å²) in [5.74, 6) is -0.159. The maximum Gasteiger partial charge on any atom is 0.277 e. The van der Waals surface area contributed by atoms with Crippen molar-refractivity contribution in [3.63, 3.8) is 0 Å². The van der Waals surface area contributed by atoms with Gasteiger partial charge in [0.2, 0.25) is 0 Å². The van der Waals surface area contributed by atoms with Gasteiger partial charge in [0.15, 0.2) is 0 Å². The molecule has 0 saturated heterocycles. The van der Waals surface area contributed by atoms with Crippen molar-refractivity contribution >= 4 is 5.91 Å². The molecule has 0 aliphatic rings. The number of carbonyl (C=O) groups excluding carboxylic acids is 1. The Kier molecular flexibility index (Phi) is 3.88. The number of amides is 1. The Balaban J connectivity index is 2.78. The first-order chi connectivity index (χ1) is 6.79. The molecule has 1 amide bonds. The largest absolute Gasteiger partial charge is 0.277 e. The summed E-state index contributed by atoms with van der Waals surface area (Å²) in [6.07, 6.45) is 1.62. The number of hydrogen-bond donors (Lipinski definition) is 0. The molecule has 0 spiro atoms. The van der Waals surface area contributed by atoms with E-state index in [4.69, 9.17) is 4.84 Å². The van der Waals surface area contributed by atoms with E-state index in [1.807, 2.05) is 18.2 Å². The average molecular weight is 191 g/mol. The summed E-state index contributed by atoms with van der Waals surface area (Å²) in [5, 5.41) is 1.25. The minimum Gasteiger partial charge on any atom is -0.274 e. The molecule has 0 fully saturated rings. The van der Waals surface area contributed by atoms with Crippen molar-refractivity contribution < 1.29 is 9.63 Å². The molecule has 0 N–H and O–H groups in total. The fourth-order valence-electron chi connectivity index (χ4n) is 1.08. The molecular weight excluding hydrogens is 178 g/mol. The molecule has 0 atom stereocenters. The predicted molar refractivity (Wildman–Crippen MR) is 54.7 cm³/mol. The lowest BCUT2D eigenvalue weighted by Gasteiger charge is -2.17. The van der Waals surface area contributed by atoms with Crippen LogP contribution in [0.3, 0.4) is 0 Å². The van der Waals surface area contributed by atoms with Gasteiger partial charge < -0.3 is 0 Å². The van der Waals surface area contributed by atoms with Gasteiger partial charge in [0.1, 0.15) is 0 Å². The molecule has 0 unspecified atom stereocenters. The smallest absolute Gasteiger partial charge is 0.274 e. The quantitative estimate of drug-likeness (QED) is 0.537. The monoisotopic (exact) mass is 191 g/mol. The maximum absolute atomic E-state index is 11.7. The zero-order chi connectivity index (χ0) is 10.4. The second kappa shape index (κ2) is 5.19. The van der Waals surface area contributed by atoms with Gasteiger partial charge in [-0.2, -0.15) is 0 Å². The molecule has 0 aliphatic heterocycles. The summed E-state index contributed by atoms with van der Waals surface area (Å²) in [4.78, 5) is 16.6. The van der Waals surface area contributed by atoms with Crippen LogP contribution >= 0.6 is 0 Å². The molecular formula is C11H13NO2. The summed E-state index contributed by atoms with van der Waals surface area (Å²) in [6.45, 7) is 3.93. The van der Waals surface area contributed by atoms with Crippen molar-refractivity contribution in [2.75, 3.05) is 13.7 Å². The van der Waals surface area contributed by atoms with Crippen molar-refractivity contribution in [1.82, 2.24) is 5.06 Å². The van der Waals surface area contributed by atoms with E-state index in [-0.39, 0.29) is 5.91 Å². The van der Waals surface area contributed by atoms with Crippen molar-refractivity contribution in [2.24, 2.45) is 0 Å². The van der Waals surface area contributed by atoms with Crippen LogP contribution in [0.5, 0.6) is 0 Å². The molecule has 0 bridgehead atoms. The Morgan fingerprint density at radius 2 is 2.14 bits per heavy atom. The zero-order valence-corrected chi connectivity index (χ0v) is 8.14. The second-order valence-electron chi connectivity index (χ2n) is 2.70. The summed E-state index contributed by atoms with van der Waals surface area (Å²) in [5.41, 5.74) is 0.608. The zero-order valence-electron chi connectivity index (χ0n) is 8.14. The lowest BCUT2D eigenvalue weighted by Crippen LogP contribution is -2.29. The molecule has 74 valence electrons. The van der Waals surface area contributed by atoms with E-state index in [1.54, 1.807) is 18.2 Å². The highest BCUT2D eigenvalue weighted by Crippen LogP contribution is 2.04. The number of benzene rings is 1. The van der Waals surface area contributed by atoms with Crippen molar-refractivity contribution in [3.8, 4) is 0 Å². The van der Waals surface area contributed by atoms with Gasteiger partial charge >= 0.3 is 0 Å². The van der Waals surface area contributed by atoms with Crippen molar-refractivity contribution in [1.29, 1.82) is 0 Å². The predicted octanol–water partition coefficient (Wildman–Crippen LogP) is 1.88. The van der Waals surface area contributed by atoms with E-state index in [9.17, 15) is 4.79 Å². The van der Waals surface area contributed by atoms with Gasteiger partial charge in [-0.15, -0.1) is 6.58 Å². The van der Waals surface area contributed by atoms with Gasteiger partial charge in [-0.05, 0) is 12.1 Å². The topological polar surface area (TPSA) is 29.5 Å². The minimum absolute atomic E-state index is 0.159. The van der Waals surface area contributed by atoms with E-state index < -0.39 is 0 Å². The molecule has 0 saturated carbocycles. The number of nitrogens with zero attached hydrogens (tertiary/aromatic N) is 1. The first-order valence-electron chi connectivity index (χ1n) is 4.31. The van der Waals surface area contributed by atoms with Crippen molar-refractivity contribution in [3.05, 3.63) is 48.6 Å². The van der Waals surface area contributed by atoms with Crippen LogP contribution in [-0.2, 0) is 4.84 Å². The molecule has 0 heterocycles. The molecule has 14 heavy (non-hydrogen) atoms. The summed E-state index contributed by atoms with van der Waals surface area (Å²) in [7, 11) is 1.46. The fraction of sp³-hybridized carbons (Fsp3) is 0.182. The van der Waals surface area contributed by atoms with Crippen LogP contribution in [0.15, 0.2) is 43.0 Å².